The van der Waals surface area contributed by atoms with Gasteiger partial charge in [0, 0.05) is 6.08 Å². The van der Waals surface area contributed by atoms with Crippen LogP contribution >= 0.6 is 0 Å². The first-order valence-corrected chi connectivity index (χ1v) is 4.89. The van der Waals surface area contributed by atoms with Crippen molar-refractivity contribution in [2.45, 2.75) is 13.3 Å². The molecule has 0 atom stereocenters. The minimum absolute atomic E-state index is 0.818. The molecule has 0 aliphatic heterocycles. The summed E-state index contributed by atoms with van der Waals surface area (Å²) in [6.07, 6.45) is 5.60. The largest absolute Gasteiger partial charge is 0.478 e. The van der Waals surface area contributed by atoms with Crippen LogP contribution in [0.25, 0.3) is 6.08 Å². The molecule has 78 valence electrons. The second-order valence-corrected chi connectivity index (χ2v) is 3.16. The number of carboxylic acid groups (broad SMARTS) is 1. The van der Waals surface area contributed by atoms with Crippen LogP contribution in [0.2, 0.25) is 0 Å². The van der Waals surface area contributed by atoms with Crippen LogP contribution in [-0.2, 0) is 4.79 Å². The molecule has 2 nitrogen and oxygen atoms in total. The molecule has 0 saturated heterocycles. The Hall–Kier alpha value is -1.83. The fourth-order valence-corrected chi connectivity index (χ4v) is 1.21. The van der Waals surface area contributed by atoms with Gasteiger partial charge >= 0.3 is 5.97 Å². The fourth-order valence-electron chi connectivity index (χ4n) is 1.21. The molecule has 0 aliphatic carbocycles. The SMILES string of the molecule is CCC(/C=C/C(=O)O)=C\c1ccccc1. The standard InChI is InChI=1S/C13H14O2/c1-2-11(8-9-13(14)15)10-12-6-4-3-5-7-12/h3-10H,2H2,1H3,(H,14,15)/b9-8+,11-10+. The molecule has 15 heavy (non-hydrogen) atoms. The maximum Gasteiger partial charge on any atom is 0.328 e. The number of allylic oxidation sites excluding steroid dienone is 2. The minimum atomic E-state index is -0.914. The minimum Gasteiger partial charge on any atom is -0.478 e. The van der Waals surface area contributed by atoms with Gasteiger partial charge in [-0.3, -0.25) is 0 Å². The van der Waals surface area contributed by atoms with E-state index in [4.69, 9.17) is 5.11 Å². The summed E-state index contributed by atoms with van der Waals surface area (Å²) in [6, 6.07) is 9.85. The number of aliphatic carboxylic acids is 1. The number of carboxylic acids is 1. The van der Waals surface area contributed by atoms with Gasteiger partial charge in [-0.1, -0.05) is 49.4 Å². The molecule has 0 amide bonds. The predicted octanol–water partition coefficient (Wildman–Crippen LogP) is 3.12. The van der Waals surface area contributed by atoms with Crippen molar-refractivity contribution in [2.24, 2.45) is 0 Å². The van der Waals surface area contributed by atoms with Gasteiger partial charge < -0.3 is 5.11 Å². The molecule has 0 saturated carbocycles. The van der Waals surface area contributed by atoms with Crippen LogP contribution in [0.4, 0.5) is 0 Å². The lowest BCUT2D eigenvalue weighted by molar-refractivity contribution is -0.131. The van der Waals surface area contributed by atoms with E-state index in [-0.39, 0.29) is 0 Å². The molecule has 0 spiro atoms. The Bertz CT molecular complexity index is 375. The fraction of sp³-hybridized carbons (Fsp3) is 0.154. The zero-order valence-corrected chi connectivity index (χ0v) is 8.68. The van der Waals surface area contributed by atoms with Crippen molar-refractivity contribution < 1.29 is 9.90 Å². The summed E-state index contributed by atoms with van der Waals surface area (Å²) >= 11 is 0. The molecule has 0 unspecified atom stereocenters. The first-order chi connectivity index (χ1) is 7.22. The highest BCUT2D eigenvalue weighted by atomic mass is 16.4. The van der Waals surface area contributed by atoms with E-state index in [2.05, 4.69) is 0 Å². The summed E-state index contributed by atoms with van der Waals surface area (Å²) in [5.41, 5.74) is 2.09. The first-order valence-electron chi connectivity index (χ1n) is 4.89. The topological polar surface area (TPSA) is 37.3 Å². The van der Waals surface area contributed by atoms with E-state index in [1.165, 1.54) is 0 Å². The number of hydrogen-bond acceptors (Lipinski definition) is 1. The van der Waals surface area contributed by atoms with Crippen molar-refractivity contribution in [3.8, 4) is 0 Å². The van der Waals surface area contributed by atoms with Crippen molar-refractivity contribution in [2.75, 3.05) is 0 Å². The Balaban J connectivity index is 2.83. The van der Waals surface area contributed by atoms with Crippen LogP contribution in [0.15, 0.2) is 48.1 Å². The third-order valence-electron chi connectivity index (χ3n) is 2.00. The lowest BCUT2D eigenvalue weighted by atomic mass is 10.1. The summed E-state index contributed by atoms with van der Waals surface area (Å²) in [6.45, 7) is 2.00. The molecule has 0 aliphatic rings. The predicted molar refractivity (Wildman–Crippen MR) is 61.5 cm³/mol. The number of benzene rings is 1. The van der Waals surface area contributed by atoms with Gasteiger partial charge in [-0.2, -0.15) is 0 Å². The van der Waals surface area contributed by atoms with Crippen molar-refractivity contribution in [3.05, 3.63) is 53.6 Å². The molecule has 0 radical (unpaired) electrons. The van der Waals surface area contributed by atoms with Crippen molar-refractivity contribution in [3.63, 3.8) is 0 Å². The van der Waals surface area contributed by atoms with Gasteiger partial charge in [-0.15, -0.1) is 0 Å². The van der Waals surface area contributed by atoms with Crippen LogP contribution in [0.1, 0.15) is 18.9 Å². The molecule has 0 aromatic heterocycles. The Morgan fingerprint density at radius 1 is 1.27 bits per heavy atom. The summed E-state index contributed by atoms with van der Waals surface area (Å²) in [5, 5.41) is 8.51. The number of carbonyl (C=O) groups is 1. The van der Waals surface area contributed by atoms with E-state index in [9.17, 15) is 4.79 Å². The smallest absolute Gasteiger partial charge is 0.328 e. The van der Waals surface area contributed by atoms with E-state index in [1.807, 2.05) is 43.3 Å². The average Bonchev–Trinajstić information content (AvgIpc) is 2.25. The first kappa shape index (κ1) is 11.2. The average molecular weight is 202 g/mol. The molecule has 1 aromatic carbocycles. The Morgan fingerprint density at radius 3 is 2.47 bits per heavy atom. The Labute approximate surface area is 89.6 Å². The van der Waals surface area contributed by atoms with Gasteiger partial charge in [0.25, 0.3) is 0 Å². The van der Waals surface area contributed by atoms with Gasteiger partial charge in [0.1, 0.15) is 0 Å². The molecule has 0 bridgehead atoms. The quantitative estimate of drug-likeness (QED) is 0.601. The summed E-state index contributed by atoms with van der Waals surface area (Å²) in [4.78, 5) is 10.4. The van der Waals surface area contributed by atoms with Gasteiger partial charge in [0.05, 0.1) is 0 Å². The third kappa shape index (κ3) is 4.27. The van der Waals surface area contributed by atoms with E-state index in [1.54, 1.807) is 6.08 Å². The molecule has 1 N–H and O–H groups in total. The lowest BCUT2D eigenvalue weighted by Crippen LogP contribution is -1.87. The molecular weight excluding hydrogens is 188 g/mol. The summed E-state index contributed by atoms with van der Waals surface area (Å²) in [7, 11) is 0. The molecule has 1 rings (SSSR count). The Kier molecular flexibility index (Phi) is 4.35. The van der Waals surface area contributed by atoms with Gasteiger partial charge in [0.2, 0.25) is 0 Å². The number of rotatable bonds is 4. The highest BCUT2D eigenvalue weighted by Gasteiger charge is 1.92. The van der Waals surface area contributed by atoms with Gasteiger partial charge in [-0.25, -0.2) is 4.79 Å². The van der Waals surface area contributed by atoms with E-state index in [0.717, 1.165) is 23.6 Å². The highest BCUT2D eigenvalue weighted by molar-refractivity contribution is 5.80. The third-order valence-corrected chi connectivity index (χ3v) is 2.00. The molecular formula is C13H14O2. The van der Waals surface area contributed by atoms with Crippen molar-refractivity contribution in [1.82, 2.24) is 0 Å². The highest BCUT2D eigenvalue weighted by Crippen LogP contribution is 2.10. The molecule has 0 fully saturated rings. The van der Waals surface area contributed by atoms with Crippen LogP contribution < -0.4 is 0 Å². The van der Waals surface area contributed by atoms with Gasteiger partial charge in [-0.05, 0) is 17.6 Å². The van der Waals surface area contributed by atoms with Crippen LogP contribution in [0.3, 0.4) is 0 Å². The molecule has 2 heteroatoms. The monoisotopic (exact) mass is 202 g/mol. The van der Waals surface area contributed by atoms with E-state index in [0.29, 0.717) is 0 Å². The Morgan fingerprint density at radius 2 is 1.93 bits per heavy atom. The van der Waals surface area contributed by atoms with Crippen molar-refractivity contribution in [1.29, 1.82) is 0 Å². The second-order valence-electron chi connectivity index (χ2n) is 3.16. The zero-order chi connectivity index (χ0) is 11.1. The maximum absolute atomic E-state index is 10.4. The summed E-state index contributed by atoms with van der Waals surface area (Å²) in [5.74, 6) is -0.914. The van der Waals surface area contributed by atoms with E-state index >= 15 is 0 Å². The lowest BCUT2D eigenvalue weighted by Gasteiger charge is -1.97. The van der Waals surface area contributed by atoms with Crippen LogP contribution in [-0.4, -0.2) is 11.1 Å². The molecule has 0 heterocycles. The van der Waals surface area contributed by atoms with Crippen LogP contribution in [0, 0.1) is 0 Å². The van der Waals surface area contributed by atoms with Crippen LogP contribution in [0.5, 0.6) is 0 Å². The maximum atomic E-state index is 10.4. The zero-order valence-electron chi connectivity index (χ0n) is 8.68. The molecule has 1 aromatic rings. The second kappa shape index (κ2) is 5.81. The summed E-state index contributed by atoms with van der Waals surface area (Å²) < 4.78 is 0. The van der Waals surface area contributed by atoms with Gasteiger partial charge in [0.15, 0.2) is 0 Å². The van der Waals surface area contributed by atoms with Crippen molar-refractivity contribution >= 4 is 12.0 Å². The normalized spacial score (nSPS) is 11.9. The van der Waals surface area contributed by atoms with E-state index < -0.39 is 5.97 Å². The number of hydrogen-bond donors (Lipinski definition) is 1.